The third kappa shape index (κ3) is 4.11. The van der Waals surface area contributed by atoms with Crippen LogP contribution in [0.25, 0.3) is 0 Å². The lowest BCUT2D eigenvalue weighted by Gasteiger charge is -2.14. The van der Waals surface area contributed by atoms with Crippen LogP contribution in [0.5, 0.6) is 0 Å². The van der Waals surface area contributed by atoms with Crippen molar-refractivity contribution in [1.29, 1.82) is 0 Å². The van der Waals surface area contributed by atoms with Crippen LogP contribution >= 0.6 is 0 Å². The summed E-state index contributed by atoms with van der Waals surface area (Å²) in [6.45, 7) is 4.17. The van der Waals surface area contributed by atoms with E-state index >= 15 is 0 Å². The molecule has 0 saturated heterocycles. The predicted molar refractivity (Wildman–Crippen MR) is 99.1 cm³/mol. The van der Waals surface area contributed by atoms with Gasteiger partial charge in [-0.2, -0.15) is 0 Å². The van der Waals surface area contributed by atoms with Crippen molar-refractivity contribution < 1.29 is 13.5 Å². The Hall–Kier alpha value is -1.69. The summed E-state index contributed by atoms with van der Waals surface area (Å²) >= 11 is 0. The van der Waals surface area contributed by atoms with Crippen molar-refractivity contribution in [2.45, 2.75) is 50.0 Å². The highest BCUT2D eigenvalue weighted by molar-refractivity contribution is 7.89. The normalized spacial score (nSPS) is 15.4. The van der Waals surface area contributed by atoms with Gasteiger partial charge in [0.05, 0.1) is 11.0 Å². The molecule has 0 heterocycles. The number of sulfonamides is 1. The SMILES string of the molecule is CC(C)c1ccc(C(O)CNS(=O)(=O)c2ccc3c(c2)CCC3)cc1. The van der Waals surface area contributed by atoms with Gasteiger partial charge in [-0.3, -0.25) is 0 Å². The van der Waals surface area contributed by atoms with Gasteiger partial charge in [0.25, 0.3) is 0 Å². The molecule has 0 amide bonds. The minimum absolute atomic E-state index is 0.0412. The Morgan fingerprint density at radius 1 is 1.00 bits per heavy atom. The molecule has 2 aromatic rings. The standard InChI is InChI=1S/C20H25NO3S/c1-14(2)15-6-8-17(9-7-15)20(22)13-21-25(23,24)19-11-10-16-4-3-5-18(16)12-19/h6-12,14,20-22H,3-5,13H2,1-2H3. The maximum atomic E-state index is 12.5. The lowest BCUT2D eigenvalue weighted by molar-refractivity contribution is 0.182. The molecule has 1 unspecified atom stereocenters. The number of rotatable bonds is 6. The summed E-state index contributed by atoms with van der Waals surface area (Å²) in [5.74, 6) is 0.421. The van der Waals surface area contributed by atoms with E-state index in [1.54, 1.807) is 12.1 Å². The monoisotopic (exact) mass is 359 g/mol. The fourth-order valence-electron chi connectivity index (χ4n) is 3.21. The molecule has 0 radical (unpaired) electrons. The zero-order valence-corrected chi connectivity index (χ0v) is 15.5. The molecule has 5 heteroatoms. The van der Waals surface area contributed by atoms with Crippen molar-refractivity contribution in [2.24, 2.45) is 0 Å². The number of hydrogen-bond acceptors (Lipinski definition) is 3. The first kappa shape index (κ1) is 18.1. The summed E-state index contributed by atoms with van der Waals surface area (Å²) in [5, 5.41) is 10.3. The smallest absolute Gasteiger partial charge is 0.240 e. The second-order valence-electron chi connectivity index (χ2n) is 6.97. The molecule has 134 valence electrons. The van der Waals surface area contributed by atoms with Crippen LogP contribution in [-0.4, -0.2) is 20.1 Å². The molecular formula is C20H25NO3S. The molecule has 3 rings (SSSR count). The van der Waals surface area contributed by atoms with Crippen LogP contribution in [-0.2, 0) is 22.9 Å². The van der Waals surface area contributed by atoms with Crippen LogP contribution in [0.3, 0.4) is 0 Å². The Bertz CT molecular complexity index is 842. The van der Waals surface area contributed by atoms with Gasteiger partial charge in [0, 0.05) is 6.54 Å². The Labute approximate surface area is 150 Å². The lowest BCUT2D eigenvalue weighted by Crippen LogP contribution is -2.28. The molecule has 0 aliphatic heterocycles. The Morgan fingerprint density at radius 3 is 2.32 bits per heavy atom. The van der Waals surface area contributed by atoms with E-state index in [1.165, 1.54) is 11.1 Å². The fraction of sp³-hybridized carbons (Fsp3) is 0.400. The van der Waals surface area contributed by atoms with Gasteiger partial charge < -0.3 is 5.11 Å². The molecule has 2 N–H and O–H groups in total. The molecule has 25 heavy (non-hydrogen) atoms. The van der Waals surface area contributed by atoms with Crippen LogP contribution in [0.15, 0.2) is 47.4 Å². The van der Waals surface area contributed by atoms with E-state index in [2.05, 4.69) is 18.6 Å². The number of nitrogens with one attached hydrogen (secondary N) is 1. The van der Waals surface area contributed by atoms with Crippen molar-refractivity contribution in [3.8, 4) is 0 Å². The number of hydrogen-bond donors (Lipinski definition) is 2. The lowest BCUT2D eigenvalue weighted by atomic mass is 10.00. The van der Waals surface area contributed by atoms with Gasteiger partial charge in [-0.25, -0.2) is 13.1 Å². The van der Waals surface area contributed by atoms with Crippen molar-refractivity contribution >= 4 is 10.0 Å². The van der Waals surface area contributed by atoms with E-state index in [1.807, 2.05) is 30.3 Å². The molecule has 0 saturated carbocycles. The number of benzene rings is 2. The summed E-state index contributed by atoms with van der Waals surface area (Å²) in [6, 6.07) is 13.0. The number of aliphatic hydroxyl groups excluding tert-OH is 1. The predicted octanol–water partition coefficient (Wildman–Crippen LogP) is 3.31. The molecule has 0 spiro atoms. The van der Waals surface area contributed by atoms with Crippen molar-refractivity contribution in [1.82, 2.24) is 4.72 Å². The van der Waals surface area contributed by atoms with Crippen LogP contribution in [0.2, 0.25) is 0 Å². The molecule has 0 fully saturated rings. The number of aliphatic hydroxyl groups is 1. The third-order valence-corrected chi connectivity index (χ3v) is 6.26. The van der Waals surface area contributed by atoms with E-state index in [-0.39, 0.29) is 11.4 Å². The summed E-state index contributed by atoms with van der Waals surface area (Å²) in [7, 11) is -3.62. The summed E-state index contributed by atoms with van der Waals surface area (Å²) in [5.41, 5.74) is 4.26. The summed E-state index contributed by atoms with van der Waals surface area (Å²) in [4.78, 5) is 0.274. The first-order valence-electron chi connectivity index (χ1n) is 8.76. The minimum atomic E-state index is -3.62. The van der Waals surface area contributed by atoms with Gasteiger partial charge in [-0.15, -0.1) is 0 Å². The van der Waals surface area contributed by atoms with Crippen LogP contribution in [0.4, 0.5) is 0 Å². The van der Waals surface area contributed by atoms with Gasteiger partial charge in [0.1, 0.15) is 0 Å². The molecule has 0 aromatic heterocycles. The average Bonchev–Trinajstić information content (AvgIpc) is 3.07. The first-order valence-corrected chi connectivity index (χ1v) is 10.2. The molecule has 2 aromatic carbocycles. The summed E-state index contributed by atoms with van der Waals surface area (Å²) < 4.78 is 27.5. The summed E-state index contributed by atoms with van der Waals surface area (Å²) in [6.07, 6.45) is 2.17. The van der Waals surface area contributed by atoms with Crippen molar-refractivity contribution in [2.75, 3.05) is 6.54 Å². The highest BCUT2D eigenvalue weighted by Crippen LogP contribution is 2.25. The Morgan fingerprint density at radius 2 is 1.64 bits per heavy atom. The average molecular weight is 359 g/mol. The second-order valence-corrected chi connectivity index (χ2v) is 8.74. The van der Waals surface area contributed by atoms with Gasteiger partial charge >= 0.3 is 0 Å². The van der Waals surface area contributed by atoms with E-state index < -0.39 is 16.1 Å². The number of fused-ring (bicyclic) bond motifs is 1. The third-order valence-electron chi connectivity index (χ3n) is 4.83. The van der Waals surface area contributed by atoms with Crippen molar-refractivity contribution in [3.05, 3.63) is 64.7 Å². The van der Waals surface area contributed by atoms with Gasteiger partial charge in [-0.05, 0) is 59.6 Å². The maximum Gasteiger partial charge on any atom is 0.240 e. The molecule has 1 atom stereocenters. The van der Waals surface area contributed by atoms with E-state index in [0.29, 0.717) is 11.5 Å². The molecule has 4 nitrogen and oxygen atoms in total. The van der Waals surface area contributed by atoms with Gasteiger partial charge in [-0.1, -0.05) is 44.2 Å². The van der Waals surface area contributed by atoms with Crippen LogP contribution < -0.4 is 4.72 Å². The second kappa shape index (κ2) is 7.28. The highest BCUT2D eigenvalue weighted by atomic mass is 32.2. The van der Waals surface area contributed by atoms with E-state index in [4.69, 9.17) is 0 Å². The first-order chi connectivity index (χ1) is 11.9. The van der Waals surface area contributed by atoms with Gasteiger partial charge in [0.2, 0.25) is 10.0 Å². The zero-order valence-electron chi connectivity index (χ0n) is 14.7. The maximum absolute atomic E-state index is 12.5. The molecule has 1 aliphatic rings. The Kier molecular flexibility index (Phi) is 5.27. The minimum Gasteiger partial charge on any atom is -0.387 e. The van der Waals surface area contributed by atoms with Gasteiger partial charge in [0.15, 0.2) is 0 Å². The van der Waals surface area contributed by atoms with E-state index in [9.17, 15) is 13.5 Å². The van der Waals surface area contributed by atoms with E-state index in [0.717, 1.165) is 24.8 Å². The molecular weight excluding hydrogens is 334 g/mol. The fourth-order valence-corrected chi connectivity index (χ4v) is 4.30. The molecule has 1 aliphatic carbocycles. The Balaban J connectivity index is 1.67. The molecule has 0 bridgehead atoms. The quantitative estimate of drug-likeness (QED) is 0.831. The largest absolute Gasteiger partial charge is 0.387 e. The zero-order chi connectivity index (χ0) is 18.0. The van der Waals surface area contributed by atoms with Crippen molar-refractivity contribution in [3.63, 3.8) is 0 Å². The van der Waals surface area contributed by atoms with Crippen LogP contribution in [0, 0.1) is 0 Å². The topological polar surface area (TPSA) is 66.4 Å². The highest BCUT2D eigenvalue weighted by Gasteiger charge is 2.20. The van der Waals surface area contributed by atoms with Crippen LogP contribution in [0.1, 0.15) is 54.5 Å². The number of aryl methyl sites for hydroxylation is 2.